The van der Waals surface area contributed by atoms with Crippen LogP contribution in [0, 0.1) is 0 Å². The summed E-state index contributed by atoms with van der Waals surface area (Å²) < 4.78 is 0. The van der Waals surface area contributed by atoms with Crippen molar-refractivity contribution in [1.29, 1.82) is 0 Å². The van der Waals surface area contributed by atoms with E-state index in [4.69, 9.17) is 5.73 Å². The van der Waals surface area contributed by atoms with Gasteiger partial charge < -0.3 is 15.5 Å². The van der Waals surface area contributed by atoms with Gasteiger partial charge in [-0.3, -0.25) is 9.78 Å². The molecular formula is C11H18N4OS. The number of aromatic nitrogens is 1. The second-order valence-corrected chi connectivity index (χ2v) is 5.38. The summed E-state index contributed by atoms with van der Waals surface area (Å²) in [5.74, 6) is 0.0616. The summed E-state index contributed by atoms with van der Waals surface area (Å²) in [6, 6.07) is -0.432. The Kier molecular flexibility index (Phi) is 4.09. The molecule has 0 bridgehead atoms. The van der Waals surface area contributed by atoms with Crippen LogP contribution >= 0.6 is 11.3 Å². The van der Waals surface area contributed by atoms with E-state index < -0.39 is 6.04 Å². The van der Waals surface area contributed by atoms with Crippen molar-refractivity contribution in [1.82, 2.24) is 14.8 Å². The van der Waals surface area contributed by atoms with Gasteiger partial charge in [-0.15, -0.1) is 11.3 Å². The van der Waals surface area contributed by atoms with Crippen LogP contribution in [0.3, 0.4) is 0 Å². The van der Waals surface area contributed by atoms with Crippen LogP contribution in [0.1, 0.15) is 4.88 Å². The van der Waals surface area contributed by atoms with Gasteiger partial charge >= 0.3 is 0 Å². The van der Waals surface area contributed by atoms with Crippen molar-refractivity contribution in [2.24, 2.45) is 5.73 Å². The molecule has 1 atom stereocenters. The lowest BCUT2D eigenvalue weighted by molar-refractivity contribution is -0.134. The topological polar surface area (TPSA) is 62.5 Å². The van der Waals surface area contributed by atoms with Crippen LogP contribution in [0.2, 0.25) is 0 Å². The van der Waals surface area contributed by atoms with Gasteiger partial charge in [-0.2, -0.15) is 0 Å². The predicted octanol–water partition coefficient (Wildman–Crippen LogP) is -0.213. The van der Waals surface area contributed by atoms with E-state index in [0.29, 0.717) is 6.42 Å². The number of carbonyl (C=O) groups is 1. The zero-order chi connectivity index (χ0) is 12.3. The Morgan fingerprint density at radius 3 is 2.82 bits per heavy atom. The van der Waals surface area contributed by atoms with E-state index in [2.05, 4.69) is 16.9 Å². The standard InChI is InChI=1S/C11H18N4OS/c1-14-2-4-15(5-3-14)11(16)10(12)6-9-7-13-8-17-9/h7-8,10H,2-6,12H2,1H3. The first-order valence-electron chi connectivity index (χ1n) is 5.77. The number of hydrogen-bond donors (Lipinski definition) is 1. The van der Waals surface area contributed by atoms with Crippen LogP contribution < -0.4 is 5.73 Å². The first kappa shape index (κ1) is 12.5. The number of piperazine rings is 1. The van der Waals surface area contributed by atoms with Gasteiger partial charge in [-0.1, -0.05) is 0 Å². The molecule has 0 aromatic carbocycles. The molecular weight excluding hydrogens is 236 g/mol. The van der Waals surface area contributed by atoms with Gasteiger partial charge in [-0.25, -0.2) is 0 Å². The molecule has 1 aromatic heterocycles. The summed E-state index contributed by atoms with van der Waals surface area (Å²) >= 11 is 1.55. The minimum Gasteiger partial charge on any atom is -0.339 e. The first-order valence-corrected chi connectivity index (χ1v) is 6.65. The van der Waals surface area contributed by atoms with Crippen molar-refractivity contribution in [2.45, 2.75) is 12.5 Å². The first-order chi connectivity index (χ1) is 8.16. The quantitative estimate of drug-likeness (QED) is 0.810. The van der Waals surface area contributed by atoms with Gasteiger partial charge in [0.25, 0.3) is 0 Å². The lowest BCUT2D eigenvalue weighted by atomic mass is 10.1. The highest BCUT2D eigenvalue weighted by molar-refractivity contribution is 7.09. The Labute approximate surface area is 105 Å². The van der Waals surface area contributed by atoms with Gasteiger partial charge in [0.15, 0.2) is 0 Å². The SMILES string of the molecule is CN1CCN(C(=O)C(N)Cc2cncs2)CC1. The molecule has 0 aliphatic carbocycles. The smallest absolute Gasteiger partial charge is 0.239 e. The Bertz CT molecular complexity index is 360. The van der Waals surface area contributed by atoms with E-state index in [1.165, 1.54) is 0 Å². The van der Waals surface area contributed by atoms with E-state index in [1.807, 2.05) is 4.90 Å². The van der Waals surface area contributed by atoms with Crippen molar-refractivity contribution in [2.75, 3.05) is 33.2 Å². The van der Waals surface area contributed by atoms with Crippen LogP contribution in [-0.2, 0) is 11.2 Å². The minimum absolute atomic E-state index is 0.0616. The molecule has 1 saturated heterocycles. The fraction of sp³-hybridized carbons (Fsp3) is 0.636. The van der Waals surface area contributed by atoms with Crippen LogP contribution in [0.15, 0.2) is 11.7 Å². The zero-order valence-corrected chi connectivity index (χ0v) is 10.8. The number of thiazole rings is 1. The van der Waals surface area contributed by atoms with Crippen LogP contribution in [0.5, 0.6) is 0 Å². The third-order valence-electron chi connectivity index (χ3n) is 3.04. The summed E-state index contributed by atoms with van der Waals surface area (Å²) in [7, 11) is 2.07. The van der Waals surface area contributed by atoms with Gasteiger partial charge in [0.1, 0.15) is 0 Å². The molecule has 1 aromatic rings. The zero-order valence-electron chi connectivity index (χ0n) is 10.0. The van der Waals surface area contributed by atoms with E-state index in [0.717, 1.165) is 31.1 Å². The molecule has 6 heteroatoms. The van der Waals surface area contributed by atoms with Crippen molar-refractivity contribution in [3.63, 3.8) is 0 Å². The van der Waals surface area contributed by atoms with Crippen molar-refractivity contribution >= 4 is 17.2 Å². The third kappa shape index (κ3) is 3.24. The van der Waals surface area contributed by atoms with Gasteiger partial charge in [0, 0.05) is 43.7 Å². The van der Waals surface area contributed by atoms with E-state index >= 15 is 0 Å². The number of nitrogens with zero attached hydrogens (tertiary/aromatic N) is 3. The maximum absolute atomic E-state index is 12.1. The van der Waals surface area contributed by atoms with Crippen LogP contribution in [0.4, 0.5) is 0 Å². The number of nitrogens with two attached hydrogens (primary N) is 1. The Morgan fingerprint density at radius 2 is 2.24 bits per heavy atom. The second kappa shape index (κ2) is 5.57. The average molecular weight is 254 g/mol. The second-order valence-electron chi connectivity index (χ2n) is 4.41. The summed E-state index contributed by atoms with van der Waals surface area (Å²) in [4.78, 5) is 21.2. The molecule has 0 radical (unpaired) electrons. The van der Waals surface area contributed by atoms with Crippen molar-refractivity contribution in [3.8, 4) is 0 Å². The molecule has 1 aliphatic rings. The number of hydrogen-bond acceptors (Lipinski definition) is 5. The number of likely N-dealkylation sites (N-methyl/N-ethyl adjacent to an activating group) is 1. The molecule has 2 rings (SSSR count). The number of carbonyl (C=O) groups excluding carboxylic acids is 1. The molecule has 1 fully saturated rings. The molecule has 17 heavy (non-hydrogen) atoms. The molecule has 2 heterocycles. The monoisotopic (exact) mass is 254 g/mol. The normalized spacial score (nSPS) is 19.3. The molecule has 5 nitrogen and oxygen atoms in total. The number of rotatable bonds is 3. The van der Waals surface area contributed by atoms with Gasteiger partial charge in [0.05, 0.1) is 11.6 Å². The fourth-order valence-corrected chi connectivity index (χ4v) is 2.56. The molecule has 94 valence electrons. The largest absolute Gasteiger partial charge is 0.339 e. The van der Waals surface area contributed by atoms with Crippen molar-refractivity contribution < 1.29 is 4.79 Å². The summed E-state index contributed by atoms with van der Waals surface area (Å²) in [6.45, 7) is 3.43. The molecule has 1 unspecified atom stereocenters. The summed E-state index contributed by atoms with van der Waals surface area (Å²) in [6.07, 6.45) is 2.37. The maximum atomic E-state index is 12.1. The Balaban J connectivity index is 1.86. The maximum Gasteiger partial charge on any atom is 0.239 e. The highest BCUT2D eigenvalue weighted by Crippen LogP contribution is 2.10. The van der Waals surface area contributed by atoms with Crippen LogP contribution in [-0.4, -0.2) is 60.0 Å². The molecule has 0 saturated carbocycles. The summed E-state index contributed by atoms with van der Waals surface area (Å²) in [5, 5.41) is 0. The molecule has 2 N–H and O–H groups in total. The molecule has 1 aliphatic heterocycles. The summed E-state index contributed by atoms with van der Waals surface area (Å²) in [5.41, 5.74) is 7.71. The Morgan fingerprint density at radius 1 is 1.53 bits per heavy atom. The third-order valence-corrected chi connectivity index (χ3v) is 3.84. The number of amides is 1. The lowest BCUT2D eigenvalue weighted by Gasteiger charge is -2.33. The molecule has 0 spiro atoms. The van der Waals surface area contributed by atoms with E-state index in [-0.39, 0.29) is 5.91 Å². The van der Waals surface area contributed by atoms with Gasteiger partial charge in [-0.05, 0) is 7.05 Å². The van der Waals surface area contributed by atoms with Crippen LogP contribution in [0.25, 0.3) is 0 Å². The fourth-order valence-electron chi connectivity index (χ4n) is 1.91. The predicted molar refractivity (Wildman–Crippen MR) is 67.9 cm³/mol. The highest BCUT2D eigenvalue weighted by Gasteiger charge is 2.24. The van der Waals surface area contributed by atoms with Crippen molar-refractivity contribution in [3.05, 3.63) is 16.6 Å². The molecule has 1 amide bonds. The van der Waals surface area contributed by atoms with E-state index in [1.54, 1.807) is 23.0 Å². The lowest BCUT2D eigenvalue weighted by Crippen LogP contribution is -2.52. The Hall–Kier alpha value is -0.980. The highest BCUT2D eigenvalue weighted by atomic mass is 32.1. The minimum atomic E-state index is -0.432. The van der Waals surface area contributed by atoms with E-state index in [9.17, 15) is 4.79 Å². The average Bonchev–Trinajstić information content (AvgIpc) is 2.82. The van der Waals surface area contributed by atoms with Gasteiger partial charge in [0.2, 0.25) is 5.91 Å².